The zero-order chi connectivity index (χ0) is 18.8. The normalized spacial score (nSPS) is 10.6. The number of aryl methyl sites for hydroxylation is 2. The van der Waals surface area contributed by atoms with Crippen LogP contribution in [0, 0.1) is 6.92 Å². The van der Waals surface area contributed by atoms with Gasteiger partial charge in [0, 0.05) is 17.8 Å². The average molecular weight is 374 g/mol. The predicted octanol–water partition coefficient (Wildman–Crippen LogP) is 2.83. The van der Waals surface area contributed by atoms with Gasteiger partial charge >= 0.3 is 5.91 Å². The van der Waals surface area contributed by atoms with Gasteiger partial charge in [0.15, 0.2) is 18.5 Å². The highest BCUT2D eigenvalue weighted by atomic mass is 35.5. The number of hydrogen-bond acceptors (Lipinski definition) is 4. The molecule has 2 heterocycles. The summed E-state index contributed by atoms with van der Waals surface area (Å²) in [6.45, 7) is 1.79. The van der Waals surface area contributed by atoms with E-state index < -0.39 is 0 Å². The molecular formula is C18H18ClN4O3+. The second-order valence-electron chi connectivity index (χ2n) is 5.74. The minimum Gasteiger partial charge on any atom is -0.504 e. The number of amides is 1. The summed E-state index contributed by atoms with van der Waals surface area (Å²) >= 11 is 5.94. The van der Waals surface area contributed by atoms with Gasteiger partial charge in [-0.3, -0.25) is 9.78 Å². The van der Waals surface area contributed by atoms with Crippen molar-refractivity contribution < 1.29 is 19.3 Å². The van der Waals surface area contributed by atoms with Crippen molar-refractivity contribution in [2.24, 2.45) is 7.05 Å². The molecule has 3 N–H and O–H groups in total. The number of aromatic hydroxyl groups is 1. The molecule has 0 saturated heterocycles. The van der Waals surface area contributed by atoms with Gasteiger partial charge in [-0.15, -0.1) is 4.68 Å². The molecule has 0 spiro atoms. The van der Waals surface area contributed by atoms with Crippen LogP contribution in [0.4, 0.5) is 5.69 Å². The first-order valence-corrected chi connectivity index (χ1v) is 8.16. The number of methoxy groups -OCH3 is 1. The molecule has 7 nitrogen and oxygen atoms in total. The molecule has 0 unspecified atom stereocenters. The molecule has 8 heteroatoms. The molecule has 26 heavy (non-hydrogen) atoms. The number of H-pyrrole nitrogens is 1. The maximum Gasteiger partial charge on any atom is 0.322 e. The van der Waals surface area contributed by atoms with Crippen LogP contribution < -0.4 is 14.7 Å². The van der Waals surface area contributed by atoms with Gasteiger partial charge in [0.1, 0.15) is 5.69 Å². The fraction of sp³-hybridized carbons (Fsp3) is 0.167. The summed E-state index contributed by atoms with van der Waals surface area (Å²) in [7, 11) is 3.21. The smallest absolute Gasteiger partial charge is 0.322 e. The largest absolute Gasteiger partial charge is 0.504 e. The molecule has 2 aromatic heterocycles. The number of phenols is 1. The van der Waals surface area contributed by atoms with Gasteiger partial charge in [-0.25, -0.2) is 0 Å². The number of pyridine rings is 1. The number of hydrogen-bond donors (Lipinski definition) is 3. The number of anilines is 1. The molecule has 0 atom stereocenters. The second-order valence-corrected chi connectivity index (χ2v) is 6.18. The van der Waals surface area contributed by atoms with Crippen LogP contribution in [-0.2, 0) is 7.05 Å². The van der Waals surface area contributed by atoms with Crippen molar-refractivity contribution >= 4 is 23.2 Å². The average Bonchev–Trinajstić information content (AvgIpc) is 3.00. The molecular weight excluding hydrogens is 356 g/mol. The Balaban J connectivity index is 1.89. The Morgan fingerprint density at radius 1 is 1.35 bits per heavy atom. The zero-order valence-corrected chi connectivity index (χ0v) is 15.3. The summed E-state index contributed by atoms with van der Waals surface area (Å²) in [5.41, 5.74) is 3.03. The van der Waals surface area contributed by atoms with Gasteiger partial charge in [0.05, 0.1) is 23.5 Å². The lowest BCUT2D eigenvalue weighted by atomic mass is 10.1. The lowest BCUT2D eigenvalue weighted by molar-refractivity contribution is -0.727. The summed E-state index contributed by atoms with van der Waals surface area (Å²) in [4.78, 5) is 16.7. The van der Waals surface area contributed by atoms with Gasteiger partial charge in [0.25, 0.3) is 5.69 Å². The molecule has 0 bridgehead atoms. The Bertz CT molecular complexity index is 985. The first kappa shape index (κ1) is 17.8. The molecule has 0 radical (unpaired) electrons. The lowest BCUT2D eigenvalue weighted by Gasteiger charge is -2.05. The van der Waals surface area contributed by atoms with Gasteiger partial charge in [-0.2, -0.15) is 5.10 Å². The van der Waals surface area contributed by atoms with E-state index in [1.165, 1.54) is 13.3 Å². The topological polar surface area (TPSA) is 91.1 Å². The number of phenolic OH excluding ortho intramolecular Hbond substituents is 1. The van der Waals surface area contributed by atoms with Crippen LogP contribution in [0.3, 0.4) is 0 Å². The van der Waals surface area contributed by atoms with Crippen molar-refractivity contribution in [1.82, 2.24) is 10.1 Å². The summed E-state index contributed by atoms with van der Waals surface area (Å²) in [5.74, 6) is 0.0976. The maximum atomic E-state index is 12.6. The highest BCUT2D eigenvalue weighted by Crippen LogP contribution is 2.30. The minimum atomic E-state index is -0.306. The van der Waals surface area contributed by atoms with E-state index in [-0.39, 0.29) is 11.7 Å². The molecule has 0 aliphatic rings. The Morgan fingerprint density at radius 3 is 2.81 bits per heavy atom. The molecule has 1 amide bonds. The second kappa shape index (κ2) is 7.05. The van der Waals surface area contributed by atoms with Crippen molar-refractivity contribution in [2.45, 2.75) is 6.92 Å². The molecule has 0 fully saturated rings. The minimum absolute atomic E-state index is 0.0221. The zero-order valence-electron chi connectivity index (χ0n) is 14.5. The number of nitrogens with zero attached hydrogens (tertiary/aromatic N) is 2. The van der Waals surface area contributed by atoms with Crippen molar-refractivity contribution in [3.8, 4) is 22.8 Å². The van der Waals surface area contributed by atoms with Crippen LogP contribution in [0.25, 0.3) is 11.3 Å². The summed E-state index contributed by atoms with van der Waals surface area (Å²) < 4.78 is 6.64. The predicted molar refractivity (Wildman–Crippen MR) is 97.6 cm³/mol. The standard InChI is InChI=1S/C18H17ClN4O3/c1-10-13(7-12(19)9-20-10)21-18(25)15-8-14(22-23(15)2)11-4-5-17(26-3)16(24)6-11/h4-9H,1-3H3,(H2,21,24,25)/p+1. The van der Waals surface area contributed by atoms with Crippen LogP contribution >= 0.6 is 11.6 Å². The van der Waals surface area contributed by atoms with E-state index in [1.807, 2.05) is 0 Å². The van der Waals surface area contributed by atoms with Gasteiger partial charge in [-0.05, 0) is 31.2 Å². The number of rotatable bonds is 4. The third kappa shape index (κ3) is 3.48. The molecule has 134 valence electrons. The number of benzene rings is 1. The van der Waals surface area contributed by atoms with Crippen LogP contribution in [0.5, 0.6) is 11.5 Å². The molecule has 1 aromatic carbocycles. The lowest BCUT2D eigenvalue weighted by Crippen LogP contribution is -2.38. The Labute approximate surface area is 155 Å². The van der Waals surface area contributed by atoms with Gasteiger partial charge < -0.3 is 15.2 Å². The quantitative estimate of drug-likeness (QED) is 0.613. The number of nitrogens with one attached hydrogen (secondary N) is 2. The van der Waals surface area contributed by atoms with Crippen molar-refractivity contribution in [3.05, 3.63) is 52.9 Å². The summed E-state index contributed by atoms with van der Waals surface area (Å²) in [6.07, 6.45) is 1.52. The van der Waals surface area contributed by atoms with E-state index in [2.05, 4.69) is 15.4 Å². The molecule has 0 aliphatic carbocycles. The van der Waals surface area contributed by atoms with Crippen molar-refractivity contribution in [2.75, 3.05) is 12.4 Å². The Hall–Kier alpha value is -3.06. The van der Waals surface area contributed by atoms with Crippen LogP contribution in [-0.4, -0.2) is 28.2 Å². The fourth-order valence-electron chi connectivity index (χ4n) is 2.55. The summed E-state index contributed by atoms with van der Waals surface area (Å²) in [5, 5.41) is 16.3. The Morgan fingerprint density at radius 2 is 2.12 bits per heavy atom. The van der Waals surface area contributed by atoms with E-state index in [9.17, 15) is 9.90 Å². The molecule has 3 aromatic rings. The SMILES string of the molecule is COc1ccc(-c2cc(C(=O)Nc3cc(Cl)cnc3C)[n+](C)[nH]2)cc1O. The van der Waals surface area contributed by atoms with Crippen molar-refractivity contribution in [3.63, 3.8) is 0 Å². The van der Waals surface area contributed by atoms with Gasteiger partial charge in [0.2, 0.25) is 0 Å². The number of aromatic amines is 1. The monoisotopic (exact) mass is 373 g/mol. The molecule has 3 rings (SSSR count). The number of carbonyl (C=O) groups is 1. The number of ether oxygens (including phenoxy) is 1. The molecule has 0 aliphatic heterocycles. The summed E-state index contributed by atoms with van der Waals surface area (Å²) in [6, 6.07) is 8.36. The maximum absolute atomic E-state index is 12.6. The third-order valence-corrected chi connectivity index (χ3v) is 4.16. The number of carbonyl (C=O) groups excluding carboxylic acids is 1. The van der Waals surface area contributed by atoms with E-state index in [0.717, 1.165) is 5.56 Å². The number of halogens is 1. The van der Waals surface area contributed by atoms with Crippen LogP contribution in [0.15, 0.2) is 36.5 Å². The highest BCUT2D eigenvalue weighted by molar-refractivity contribution is 6.30. The fourth-order valence-corrected chi connectivity index (χ4v) is 2.71. The molecule has 0 saturated carbocycles. The Kier molecular flexibility index (Phi) is 4.81. The van der Waals surface area contributed by atoms with Gasteiger partial charge in [-0.1, -0.05) is 11.6 Å². The van der Waals surface area contributed by atoms with Crippen LogP contribution in [0.1, 0.15) is 16.2 Å². The van der Waals surface area contributed by atoms with E-state index in [1.54, 1.807) is 49.0 Å². The third-order valence-electron chi connectivity index (χ3n) is 3.95. The first-order chi connectivity index (χ1) is 12.4. The highest BCUT2D eigenvalue weighted by Gasteiger charge is 2.23. The van der Waals surface area contributed by atoms with E-state index in [0.29, 0.717) is 33.5 Å². The van der Waals surface area contributed by atoms with Crippen molar-refractivity contribution in [1.29, 1.82) is 0 Å². The number of aromatic nitrogens is 3. The van der Waals surface area contributed by atoms with E-state index in [4.69, 9.17) is 16.3 Å². The first-order valence-electron chi connectivity index (χ1n) is 7.79. The van der Waals surface area contributed by atoms with E-state index >= 15 is 0 Å². The van der Waals surface area contributed by atoms with Crippen LogP contribution in [0.2, 0.25) is 5.02 Å².